The highest BCUT2D eigenvalue weighted by atomic mass is 35.5. The molecule has 116 valence electrons. The van der Waals surface area contributed by atoms with Crippen LogP contribution in [-0.2, 0) is 0 Å². The van der Waals surface area contributed by atoms with Crippen LogP contribution in [0.5, 0.6) is 0 Å². The van der Waals surface area contributed by atoms with E-state index < -0.39 is 0 Å². The minimum atomic E-state index is -0.116. The van der Waals surface area contributed by atoms with Gasteiger partial charge in [0.05, 0.1) is 16.3 Å². The average Bonchev–Trinajstić information content (AvgIpc) is 2.62. The number of aromatic nitrogens is 2. The third-order valence-electron chi connectivity index (χ3n) is 3.77. The zero-order valence-corrected chi connectivity index (χ0v) is 13.1. The van der Waals surface area contributed by atoms with Crippen LogP contribution < -0.4 is 4.90 Å². The van der Waals surface area contributed by atoms with E-state index >= 15 is 0 Å². The van der Waals surface area contributed by atoms with Crippen molar-refractivity contribution >= 4 is 23.2 Å². The Morgan fingerprint density at radius 1 is 1.17 bits per heavy atom. The van der Waals surface area contributed by atoms with Crippen molar-refractivity contribution < 1.29 is 4.79 Å². The topological polar surface area (TPSA) is 73.1 Å². The molecule has 0 aliphatic carbocycles. The summed E-state index contributed by atoms with van der Waals surface area (Å²) in [6, 6.07) is 7.06. The van der Waals surface area contributed by atoms with E-state index in [4.69, 9.17) is 16.9 Å². The Bertz CT molecular complexity index is 748. The number of anilines is 1. The van der Waals surface area contributed by atoms with Gasteiger partial charge < -0.3 is 9.80 Å². The predicted octanol–water partition coefficient (Wildman–Crippen LogP) is 1.96. The van der Waals surface area contributed by atoms with Crippen LogP contribution in [0.3, 0.4) is 0 Å². The second-order valence-electron chi connectivity index (χ2n) is 5.15. The van der Waals surface area contributed by atoms with Gasteiger partial charge in [0.2, 0.25) is 0 Å². The maximum Gasteiger partial charge on any atom is 0.272 e. The van der Waals surface area contributed by atoms with Crippen LogP contribution in [0.1, 0.15) is 16.1 Å². The van der Waals surface area contributed by atoms with Crippen molar-refractivity contribution in [3.05, 3.63) is 53.1 Å². The largest absolute Gasteiger partial charge is 0.367 e. The highest BCUT2D eigenvalue weighted by molar-refractivity contribution is 6.33. The smallest absolute Gasteiger partial charge is 0.272 e. The Labute approximate surface area is 138 Å². The molecule has 23 heavy (non-hydrogen) atoms. The molecule has 0 N–H and O–H groups in total. The van der Waals surface area contributed by atoms with Crippen LogP contribution >= 0.6 is 11.6 Å². The van der Waals surface area contributed by atoms with Crippen LogP contribution in [0.15, 0.2) is 36.8 Å². The number of hydrogen-bond donors (Lipinski definition) is 0. The first-order chi connectivity index (χ1) is 11.2. The summed E-state index contributed by atoms with van der Waals surface area (Å²) in [4.78, 5) is 24.4. The molecule has 3 heterocycles. The van der Waals surface area contributed by atoms with Crippen LogP contribution in [-0.4, -0.2) is 47.0 Å². The zero-order valence-electron chi connectivity index (χ0n) is 12.3. The highest BCUT2D eigenvalue weighted by Gasteiger charge is 2.23. The van der Waals surface area contributed by atoms with Crippen LogP contribution in [0.2, 0.25) is 5.02 Å². The molecule has 0 aromatic carbocycles. The number of nitrogens with zero attached hydrogens (tertiary/aromatic N) is 5. The molecule has 1 amide bonds. The Morgan fingerprint density at radius 2 is 1.96 bits per heavy atom. The lowest BCUT2D eigenvalue weighted by molar-refractivity contribution is 0.0741. The van der Waals surface area contributed by atoms with E-state index in [0.717, 1.165) is 5.69 Å². The summed E-state index contributed by atoms with van der Waals surface area (Å²) in [6.45, 7) is 2.59. The summed E-state index contributed by atoms with van der Waals surface area (Å²) in [5, 5.41) is 9.38. The standard InChI is InChI=1S/C16H14ClN5O/c17-13-11-19-4-3-15(13)21-5-7-22(8-6-21)16(23)14-2-1-12(9-18)10-20-14/h1-4,10-11H,5-8H2. The Morgan fingerprint density at radius 3 is 2.57 bits per heavy atom. The Kier molecular flexibility index (Phi) is 4.40. The first-order valence-electron chi connectivity index (χ1n) is 7.19. The third-order valence-corrected chi connectivity index (χ3v) is 4.06. The molecule has 0 radical (unpaired) electrons. The molecule has 1 aliphatic heterocycles. The minimum Gasteiger partial charge on any atom is -0.367 e. The van der Waals surface area contributed by atoms with Gasteiger partial charge in [0.1, 0.15) is 11.8 Å². The maximum atomic E-state index is 12.4. The minimum absolute atomic E-state index is 0.116. The highest BCUT2D eigenvalue weighted by Crippen LogP contribution is 2.25. The first kappa shape index (κ1) is 15.3. The van der Waals surface area contributed by atoms with Crippen molar-refractivity contribution in [1.82, 2.24) is 14.9 Å². The van der Waals surface area contributed by atoms with Gasteiger partial charge in [-0.1, -0.05) is 11.6 Å². The molecule has 0 unspecified atom stereocenters. The van der Waals surface area contributed by atoms with Gasteiger partial charge in [0.25, 0.3) is 5.91 Å². The van der Waals surface area contributed by atoms with Crippen LogP contribution in [0.25, 0.3) is 0 Å². The fraction of sp³-hybridized carbons (Fsp3) is 0.250. The van der Waals surface area contributed by atoms with Gasteiger partial charge in [-0.05, 0) is 18.2 Å². The molecule has 1 fully saturated rings. The Hall–Kier alpha value is -2.65. The van der Waals surface area contributed by atoms with Crippen molar-refractivity contribution in [2.75, 3.05) is 31.1 Å². The van der Waals surface area contributed by atoms with E-state index in [1.165, 1.54) is 6.20 Å². The van der Waals surface area contributed by atoms with E-state index in [-0.39, 0.29) is 5.91 Å². The SMILES string of the molecule is N#Cc1ccc(C(=O)N2CCN(c3ccncc3Cl)CC2)nc1. The first-order valence-corrected chi connectivity index (χ1v) is 7.57. The predicted molar refractivity (Wildman–Crippen MR) is 86.3 cm³/mol. The summed E-state index contributed by atoms with van der Waals surface area (Å²) in [5.41, 5.74) is 1.74. The summed E-state index contributed by atoms with van der Waals surface area (Å²) >= 11 is 6.16. The van der Waals surface area contributed by atoms with E-state index in [9.17, 15) is 4.79 Å². The molecule has 7 heteroatoms. The molecule has 1 saturated heterocycles. The van der Waals surface area contributed by atoms with E-state index in [1.807, 2.05) is 12.1 Å². The van der Waals surface area contributed by atoms with Crippen molar-refractivity contribution in [1.29, 1.82) is 5.26 Å². The number of pyridine rings is 2. The number of halogens is 1. The normalized spacial score (nSPS) is 14.4. The van der Waals surface area contributed by atoms with Gasteiger partial charge in [-0.25, -0.2) is 4.98 Å². The van der Waals surface area contributed by atoms with Crippen LogP contribution in [0, 0.1) is 11.3 Å². The number of hydrogen-bond acceptors (Lipinski definition) is 5. The summed E-state index contributed by atoms with van der Waals surface area (Å²) < 4.78 is 0. The van der Waals surface area contributed by atoms with Crippen molar-refractivity contribution in [3.63, 3.8) is 0 Å². The quantitative estimate of drug-likeness (QED) is 0.843. The number of piperazine rings is 1. The molecule has 0 bridgehead atoms. The number of carbonyl (C=O) groups excluding carboxylic acids is 1. The van der Waals surface area contributed by atoms with Gasteiger partial charge in [-0.3, -0.25) is 9.78 Å². The summed E-state index contributed by atoms with van der Waals surface area (Å²) in [5.74, 6) is -0.116. The second kappa shape index (κ2) is 6.63. The third kappa shape index (κ3) is 3.25. The number of rotatable bonds is 2. The van der Waals surface area contributed by atoms with Gasteiger partial charge in [0, 0.05) is 44.8 Å². The lowest BCUT2D eigenvalue weighted by Crippen LogP contribution is -2.49. The van der Waals surface area contributed by atoms with Gasteiger partial charge >= 0.3 is 0 Å². The van der Waals surface area contributed by atoms with E-state index in [0.29, 0.717) is 42.5 Å². The summed E-state index contributed by atoms with van der Waals surface area (Å²) in [7, 11) is 0. The molecule has 2 aromatic rings. The molecule has 0 saturated carbocycles. The number of carbonyl (C=O) groups is 1. The summed E-state index contributed by atoms with van der Waals surface area (Å²) in [6.07, 6.45) is 4.74. The lowest BCUT2D eigenvalue weighted by Gasteiger charge is -2.36. The van der Waals surface area contributed by atoms with Crippen molar-refractivity contribution in [3.8, 4) is 6.07 Å². The molecule has 6 nitrogen and oxygen atoms in total. The van der Waals surface area contributed by atoms with E-state index in [1.54, 1.807) is 29.4 Å². The van der Waals surface area contributed by atoms with Crippen molar-refractivity contribution in [2.45, 2.75) is 0 Å². The lowest BCUT2D eigenvalue weighted by atomic mass is 10.2. The zero-order chi connectivity index (χ0) is 16.2. The Balaban J connectivity index is 1.65. The van der Waals surface area contributed by atoms with E-state index in [2.05, 4.69) is 14.9 Å². The molecule has 0 atom stereocenters. The molecule has 1 aliphatic rings. The molecular weight excluding hydrogens is 314 g/mol. The second-order valence-corrected chi connectivity index (χ2v) is 5.56. The van der Waals surface area contributed by atoms with Crippen molar-refractivity contribution in [2.24, 2.45) is 0 Å². The number of amides is 1. The van der Waals surface area contributed by atoms with Crippen LogP contribution in [0.4, 0.5) is 5.69 Å². The van der Waals surface area contributed by atoms with Gasteiger partial charge in [-0.2, -0.15) is 5.26 Å². The molecule has 2 aromatic heterocycles. The van der Waals surface area contributed by atoms with Gasteiger partial charge in [0.15, 0.2) is 0 Å². The monoisotopic (exact) mass is 327 g/mol. The fourth-order valence-electron chi connectivity index (χ4n) is 2.52. The van der Waals surface area contributed by atoms with Gasteiger partial charge in [-0.15, -0.1) is 0 Å². The average molecular weight is 328 g/mol. The molecular formula is C16H14ClN5O. The molecule has 3 rings (SSSR count). The fourth-order valence-corrected chi connectivity index (χ4v) is 2.76. The number of nitriles is 1. The molecule has 0 spiro atoms. The maximum absolute atomic E-state index is 12.4.